The third kappa shape index (κ3) is 62.0. The van der Waals surface area contributed by atoms with Crippen molar-refractivity contribution in [1.82, 2.24) is 0 Å². The number of esters is 2. The normalized spacial score (nSPS) is 13.7. The van der Waals surface area contributed by atoms with E-state index in [-0.39, 0.29) is 32.6 Å². The van der Waals surface area contributed by atoms with Gasteiger partial charge in [0.2, 0.25) is 0 Å². The van der Waals surface area contributed by atoms with Gasteiger partial charge in [0.1, 0.15) is 6.61 Å². The van der Waals surface area contributed by atoms with Gasteiger partial charge in [-0.3, -0.25) is 18.6 Å². The molecule has 0 fully saturated rings. The SMILES string of the molecule is CC/C=C\C/C=C\C/C=C\C/C=C\CCCCCCCCCCCCCCCCCCCCCCCCCCC(=O)OC(COC(=O)CCCCCCCC/C=C\C/C=C\C/C=C\C/C=C\CC)COP(=O)(O)OCCN. The molecule has 0 spiro atoms. The molecule has 0 aliphatic rings. The van der Waals surface area contributed by atoms with E-state index in [0.29, 0.717) is 12.8 Å². The Morgan fingerprint density at radius 2 is 0.675 bits per heavy atom. The number of hydrogen-bond acceptors (Lipinski definition) is 8. The zero-order valence-electron chi connectivity index (χ0n) is 49.7. The Bertz CT molecular complexity index is 1580. The Labute approximate surface area is 474 Å². The molecule has 0 heterocycles. The summed E-state index contributed by atoms with van der Waals surface area (Å²) in [6, 6.07) is 0. The van der Waals surface area contributed by atoms with Crippen LogP contribution in [0.4, 0.5) is 0 Å². The quantitative estimate of drug-likeness (QED) is 0.0264. The molecule has 10 heteroatoms. The Morgan fingerprint density at radius 3 is 1.00 bits per heavy atom. The highest BCUT2D eigenvalue weighted by molar-refractivity contribution is 7.47. The van der Waals surface area contributed by atoms with Crippen molar-refractivity contribution in [3.05, 3.63) is 97.2 Å². The Morgan fingerprint density at radius 1 is 0.390 bits per heavy atom. The second-order valence-electron chi connectivity index (χ2n) is 20.9. The van der Waals surface area contributed by atoms with Crippen LogP contribution in [0.5, 0.6) is 0 Å². The minimum atomic E-state index is -4.40. The van der Waals surface area contributed by atoms with E-state index in [2.05, 4.69) is 111 Å². The third-order valence-corrected chi connectivity index (χ3v) is 14.4. The van der Waals surface area contributed by atoms with E-state index < -0.39 is 32.5 Å². The number of rotatable bonds is 59. The summed E-state index contributed by atoms with van der Waals surface area (Å²) in [5.41, 5.74) is 5.39. The monoisotopic (exact) mass is 1100 g/mol. The first-order valence-corrected chi connectivity index (χ1v) is 33.2. The van der Waals surface area contributed by atoms with E-state index in [1.807, 2.05) is 0 Å². The lowest BCUT2D eigenvalue weighted by molar-refractivity contribution is -0.161. The Hall–Kier alpha value is -3.07. The van der Waals surface area contributed by atoms with Crippen LogP contribution in [0.2, 0.25) is 0 Å². The van der Waals surface area contributed by atoms with Crippen LogP contribution in [0, 0.1) is 0 Å². The largest absolute Gasteiger partial charge is 0.472 e. The number of unbranched alkanes of at least 4 members (excludes halogenated alkanes) is 30. The molecule has 0 aliphatic carbocycles. The molecule has 77 heavy (non-hydrogen) atoms. The minimum absolute atomic E-state index is 0.0489. The summed E-state index contributed by atoms with van der Waals surface area (Å²) in [6.07, 6.45) is 83.5. The van der Waals surface area contributed by atoms with Crippen molar-refractivity contribution in [2.45, 2.75) is 290 Å². The van der Waals surface area contributed by atoms with Crippen molar-refractivity contribution < 1.29 is 37.6 Å². The fourth-order valence-corrected chi connectivity index (χ4v) is 9.62. The fourth-order valence-electron chi connectivity index (χ4n) is 8.86. The maximum absolute atomic E-state index is 12.7. The topological polar surface area (TPSA) is 134 Å². The van der Waals surface area contributed by atoms with Crippen LogP contribution in [-0.2, 0) is 32.7 Å². The summed E-state index contributed by atoms with van der Waals surface area (Å²) in [5, 5.41) is 0. The van der Waals surface area contributed by atoms with Crippen LogP contribution in [0.3, 0.4) is 0 Å². The smallest absolute Gasteiger partial charge is 0.462 e. The van der Waals surface area contributed by atoms with Crippen LogP contribution in [0.15, 0.2) is 97.2 Å². The van der Waals surface area contributed by atoms with E-state index in [4.69, 9.17) is 24.3 Å². The lowest BCUT2D eigenvalue weighted by atomic mass is 10.0. The van der Waals surface area contributed by atoms with Gasteiger partial charge in [-0.05, 0) is 89.9 Å². The number of phosphoric acid groups is 1. The molecular weight excluding hydrogens is 978 g/mol. The van der Waals surface area contributed by atoms with E-state index in [9.17, 15) is 19.0 Å². The number of carbonyl (C=O) groups is 2. The number of nitrogens with two attached hydrogens (primary N) is 1. The fraction of sp³-hybridized carbons (Fsp3) is 0.731. The van der Waals surface area contributed by atoms with Crippen molar-refractivity contribution in [3.8, 4) is 0 Å². The molecule has 0 aromatic heterocycles. The number of hydrogen-bond donors (Lipinski definition) is 2. The van der Waals surface area contributed by atoms with Crippen molar-refractivity contribution >= 4 is 19.8 Å². The molecule has 0 radical (unpaired) electrons. The highest BCUT2D eigenvalue weighted by Crippen LogP contribution is 2.43. The first kappa shape index (κ1) is 73.9. The van der Waals surface area contributed by atoms with Gasteiger partial charge in [-0.2, -0.15) is 0 Å². The molecule has 0 saturated heterocycles. The molecule has 0 aliphatic heterocycles. The van der Waals surface area contributed by atoms with E-state index in [0.717, 1.165) is 109 Å². The Balaban J connectivity index is 3.84. The zero-order valence-corrected chi connectivity index (χ0v) is 50.6. The van der Waals surface area contributed by atoms with Crippen molar-refractivity contribution in [1.29, 1.82) is 0 Å². The van der Waals surface area contributed by atoms with E-state index in [1.54, 1.807) is 0 Å². The lowest BCUT2D eigenvalue weighted by Gasteiger charge is -2.19. The molecule has 0 saturated carbocycles. The highest BCUT2D eigenvalue weighted by Gasteiger charge is 2.26. The molecule has 0 amide bonds. The van der Waals surface area contributed by atoms with Crippen LogP contribution >= 0.6 is 7.82 Å². The summed E-state index contributed by atoms with van der Waals surface area (Å²) >= 11 is 0. The average molecular weight is 1100 g/mol. The number of carbonyl (C=O) groups excluding carboxylic acids is 2. The summed E-state index contributed by atoms with van der Waals surface area (Å²) in [5.74, 6) is -0.838. The average Bonchev–Trinajstić information content (AvgIpc) is 3.42. The second-order valence-corrected chi connectivity index (χ2v) is 22.3. The molecule has 9 nitrogen and oxygen atoms in total. The molecule has 0 aromatic rings. The van der Waals surface area contributed by atoms with Gasteiger partial charge in [-0.25, -0.2) is 4.57 Å². The van der Waals surface area contributed by atoms with Gasteiger partial charge in [0, 0.05) is 19.4 Å². The maximum atomic E-state index is 12.7. The molecule has 2 unspecified atom stereocenters. The predicted molar refractivity (Wildman–Crippen MR) is 330 cm³/mol. The van der Waals surface area contributed by atoms with Gasteiger partial charge in [-0.15, -0.1) is 0 Å². The maximum Gasteiger partial charge on any atom is 0.472 e. The first-order chi connectivity index (χ1) is 37.8. The van der Waals surface area contributed by atoms with Gasteiger partial charge < -0.3 is 20.1 Å². The molecule has 444 valence electrons. The molecule has 0 bridgehead atoms. The van der Waals surface area contributed by atoms with Crippen molar-refractivity contribution in [3.63, 3.8) is 0 Å². The molecule has 0 aromatic carbocycles. The summed E-state index contributed by atoms with van der Waals surface area (Å²) in [7, 11) is -4.40. The summed E-state index contributed by atoms with van der Waals surface area (Å²) in [6.45, 7) is 3.52. The van der Waals surface area contributed by atoms with Crippen molar-refractivity contribution in [2.75, 3.05) is 26.4 Å². The Kier molecular flexibility index (Phi) is 59.7. The number of ether oxygens (including phenoxy) is 2. The highest BCUT2D eigenvalue weighted by atomic mass is 31.2. The van der Waals surface area contributed by atoms with E-state index in [1.165, 1.54) is 135 Å². The number of allylic oxidation sites excluding steroid dienone is 16. The number of phosphoric ester groups is 1. The van der Waals surface area contributed by atoms with Crippen LogP contribution < -0.4 is 5.73 Å². The minimum Gasteiger partial charge on any atom is -0.462 e. The predicted octanol–water partition coefficient (Wildman–Crippen LogP) is 20.4. The molecule has 3 N–H and O–H groups in total. The van der Waals surface area contributed by atoms with Gasteiger partial charge >= 0.3 is 19.8 Å². The van der Waals surface area contributed by atoms with Gasteiger partial charge in [0.05, 0.1) is 13.2 Å². The van der Waals surface area contributed by atoms with Gasteiger partial charge in [0.15, 0.2) is 6.10 Å². The lowest BCUT2D eigenvalue weighted by Crippen LogP contribution is -2.29. The van der Waals surface area contributed by atoms with Crippen LogP contribution in [-0.4, -0.2) is 49.3 Å². The van der Waals surface area contributed by atoms with E-state index >= 15 is 0 Å². The van der Waals surface area contributed by atoms with Gasteiger partial charge in [-0.1, -0.05) is 278 Å². The van der Waals surface area contributed by atoms with Gasteiger partial charge in [0.25, 0.3) is 0 Å². The summed E-state index contributed by atoms with van der Waals surface area (Å²) in [4.78, 5) is 35.2. The third-order valence-electron chi connectivity index (χ3n) is 13.5. The molecular formula is C67H118NO8P. The van der Waals surface area contributed by atoms with Crippen molar-refractivity contribution in [2.24, 2.45) is 5.73 Å². The zero-order chi connectivity index (χ0) is 55.9. The van der Waals surface area contributed by atoms with Crippen LogP contribution in [0.25, 0.3) is 0 Å². The summed E-state index contributed by atoms with van der Waals surface area (Å²) < 4.78 is 33.1. The van der Waals surface area contributed by atoms with Crippen LogP contribution in [0.1, 0.15) is 284 Å². The molecule has 0 rings (SSSR count). The second kappa shape index (κ2) is 62.1. The standard InChI is InChI=1S/C67H118NO8P/c1-3-5-7-9-11-13-15-17-19-21-23-24-25-26-27-28-29-30-31-32-33-34-35-36-37-38-39-40-42-44-46-48-50-52-54-56-58-60-67(70)76-65(64-75-77(71,72)74-62-61-68)63-73-66(69)59-57-55-53-51-49-47-45-43-41-22-20-18-16-14-12-10-8-6-4-2/h5-8,11-14,17-20,23-24,41,43,65H,3-4,9-10,15-16,21-22,25-40,42,44-64,68H2,1-2H3,(H,71,72)/b7-5-,8-6-,13-11-,14-12-,19-17-,20-18-,24-23-,43-41-. The molecule has 2 atom stereocenters. The first-order valence-electron chi connectivity index (χ1n) is 31.7.